The molecular weight excluding hydrogens is 182 g/mol. The number of hydrogen-bond acceptors (Lipinski definition) is 5. The molecule has 0 aromatic heterocycles. The highest BCUT2D eigenvalue weighted by atomic mass is 32.2. The van der Waals surface area contributed by atoms with Gasteiger partial charge < -0.3 is 15.5 Å². The summed E-state index contributed by atoms with van der Waals surface area (Å²) in [5.74, 6) is 0. The third-order valence-electron chi connectivity index (χ3n) is 2.15. The van der Waals surface area contributed by atoms with Crippen molar-refractivity contribution in [2.24, 2.45) is 0 Å². The summed E-state index contributed by atoms with van der Waals surface area (Å²) in [6.45, 7) is -0.200. The zero-order chi connectivity index (χ0) is 9.41. The van der Waals surface area contributed by atoms with Crippen LogP contribution in [0.2, 0.25) is 0 Å². The maximum absolute atomic E-state index is 11.1. The summed E-state index contributed by atoms with van der Waals surface area (Å²) in [6.07, 6.45) is 1.06. The minimum atomic E-state index is -3.29. The van der Waals surface area contributed by atoms with Crippen LogP contribution in [0.5, 0.6) is 0 Å². The fourth-order valence-corrected chi connectivity index (χ4v) is 2.81. The van der Waals surface area contributed by atoms with E-state index < -0.39 is 27.3 Å². The summed E-state index contributed by atoms with van der Waals surface area (Å²) in [4.78, 5) is 0. The van der Waals surface area contributed by atoms with E-state index >= 15 is 0 Å². The van der Waals surface area contributed by atoms with Gasteiger partial charge in [0.2, 0.25) is 0 Å². The molecule has 6 heteroatoms. The van der Waals surface area contributed by atoms with E-state index in [0.29, 0.717) is 0 Å². The third-order valence-corrected chi connectivity index (χ3v) is 3.79. The molecule has 72 valence electrons. The maximum Gasteiger partial charge on any atom is 0.154 e. The van der Waals surface area contributed by atoms with Crippen LogP contribution in [0.1, 0.15) is 0 Å². The molecule has 0 radical (unpaired) electrons. The first kappa shape index (κ1) is 9.91. The molecule has 1 fully saturated rings. The van der Waals surface area contributed by atoms with E-state index in [-0.39, 0.29) is 13.1 Å². The highest BCUT2D eigenvalue weighted by Gasteiger charge is 2.46. The lowest BCUT2D eigenvalue weighted by atomic mass is 10.1. The summed E-state index contributed by atoms with van der Waals surface area (Å²) in [5.41, 5.74) is -1.51. The molecule has 1 aliphatic heterocycles. The summed E-state index contributed by atoms with van der Waals surface area (Å²) in [6, 6.07) is 0. The van der Waals surface area contributed by atoms with Gasteiger partial charge in [0.05, 0.1) is 6.61 Å². The first-order chi connectivity index (χ1) is 5.40. The average molecular weight is 195 g/mol. The van der Waals surface area contributed by atoms with Gasteiger partial charge in [-0.2, -0.15) is 0 Å². The van der Waals surface area contributed by atoms with Crippen LogP contribution < -0.4 is 5.32 Å². The van der Waals surface area contributed by atoms with Crippen LogP contribution in [0.3, 0.4) is 0 Å². The fourth-order valence-electron chi connectivity index (χ4n) is 1.43. The van der Waals surface area contributed by atoms with Crippen molar-refractivity contribution in [2.75, 3.05) is 26.0 Å². The second-order valence-corrected chi connectivity index (χ2v) is 5.44. The van der Waals surface area contributed by atoms with Gasteiger partial charge in [0.15, 0.2) is 9.84 Å². The molecule has 2 atom stereocenters. The van der Waals surface area contributed by atoms with Gasteiger partial charge in [0, 0.05) is 19.3 Å². The zero-order valence-electron chi connectivity index (χ0n) is 6.82. The minimum absolute atomic E-state index is 0.126. The van der Waals surface area contributed by atoms with Crippen LogP contribution in [-0.2, 0) is 9.84 Å². The Morgan fingerprint density at radius 1 is 1.67 bits per heavy atom. The highest BCUT2D eigenvalue weighted by molar-refractivity contribution is 7.91. The number of rotatable bonds is 2. The van der Waals surface area contributed by atoms with E-state index in [9.17, 15) is 13.5 Å². The van der Waals surface area contributed by atoms with Gasteiger partial charge >= 0.3 is 0 Å². The van der Waals surface area contributed by atoms with Crippen LogP contribution in [0.25, 0.3) is 0 Å². The molecule has 1 saturated heterocycles. The van der Waals surface area contributed by atoms with Gasteiger partial charge in [0.1, 0.15) is 10.9 Å². The lowest BCUT2D eigenvalue weighted by Gasteiger charge is -2.24. The van der Waals surface area contributed by atoms with Crippen LogP contribution in [0.15, 0.2) is 0 Å². The van der Waals surface area contributed by atoms with E-state index in [2.05, 4.69) is 5.32 Å². The number of hydrogen-bond donors (Lipinski definition) is 3. The molecule has 1 rings (SSSR count). The molecule has 0 aromatic carbocycles. The minimum Gasteiger partial charge on any atom is -0.393 e. The van der Waals surface area contributed by atoms with E-state index in [1.807, 2.05) is 0 Å². The topological polar surface area (TPSA) is 86.6 Å². The standard InChI is InChI=1S/C6H13NO4S/c1-12(10,11)5-2-7-3-6(5,9)4-8/h5,7-9H,2-4H2,1H3/t5-,6+/m0/s1. The lowest BCUT2D eigenvalue weighted by Crippen LogP contribution is -2.48. The van der Waals surface area contributed by atoms with Gasteiger partial charge in [-0.15, -0.1) is 0 Å². The molecule has 3 N–H and O–H groups in total. The Morgan fingerprint density at radius 3 is 2.58 bits per heavy atom. The Balaban J connectivity index is 2.92. The van der Waals surface area contributed by atoms with Crippen molar-refractivity contribution < 1.29 is 18.6 Å². The van der Waals surface area contributed by atoms with Gasteiger partial charge in [-0.25, -0.2) is 8.42 Å². The molecule has 12 heavy (non-hydrogen) atoms. The van der Waals surface area contributed by atoms with E-state index in [4.69, 9.17) is 5.11 Å². The number of sulfone groups is 1. The van der Waals surface area contributed by atoms with Crippen LogP contribution in [-0.4, -0.2) is 55.4 Å². The maximum atomic E-state index is 11.1. The predicted octanol–water partition coefficient (Wildman–Crippen LogP) is -2.27. The molecule has 5 nitrogen and oxygen atoms in total. The second kappa shape index (κ2) is 2.95. The van der Waals surface area contributed by atoms with Gasteiger partial charge in [0.25, 0.3) is 0 Å². The first-order valence-corrected chi connectivity index (χ1v) is 5.58. The van der Waals surface area contributed by atoms with Crippen molar-refractivity contribution in [1.29, 1.82) is 0 Å². The molecular formula is C6H13NO4S. The molecule has 1 heterocycles. The molecule has 0 bridgehead atoms. The van der Waals surface area contributed by atoms with E-state index in [1.54, 1.807) is 0 Å². The van der Waals surface area contributed by atoms with Gasteiger partial charge in [-0.1, -0.05) is 0 Å². The third kappa shape index (κ3) is 1.61. The number of aliphatic hydroxyl groups is 2. The van der Waals surface area contributed by atoms with Gasteiger partial charge in [-0.3, -0.25) is 0 Å². The molecule has 0 spiro atoms. The Morgan fingerprint density at radius 2 is 2.25 bits per heavy atom. The Bertz CT molecular complexity index is 263. The SMILES string of the molecule is CS(=O)(=O)[C@H]1CNC[C@@]1(O)CO. The van der Waals surface area contributed by atoms with E-state index in [0.717, 1.165) is 6.26 Å². The largest absolute Gasteiger partial charge is 0.393 e. The Kier molecular flexibility index (Phi) is 2.44. The van der Waals surface area contributed by atoms with Crippen molar-refractivity contribution in [3.05, 3.63) is 0 Å². The first-order valence-electron chi connectivity index (χ1n) is 3.63. The molecule has 0 aliphatic carbocycles. The van der Waals surface area contributed by atoms with E-state index in [1.165, 1.54) is 0 Å². The number of nitrogens with one attached hydrogen (secondary N) is 1. The molecule has 0 aromatic rings. The molecule has 0 saturated carbocycles. The predicted molar refractivity (Wildman–Crippen MR) is 43.5 cm³/mol. The van der Waals surface area contributed by atoms with Crippen molar-refractivity contribution in [2.45, 2.75) is 10.9 Å². The summed E-state index contributed by atoms with van der Waals surface area (Å²) >= 11 is 0. The zero-order valence-corrected chi connectivity index (χ0v) is 7.63. The van der Waals surface area contributed by atoms with Crippen LogP contribution in [0, 0.1) is 0 Å². The lowest BCUT2D eigenvalue weighted by molar-refractivity contribution is 0.00591. The quantitative estimate of drug-likeness (QED) is 0.462. The number of β-amino-alcohol motifs (C(OH)–C–C–N with tert-alkyl or cyclic N) is 1. The van der Waals surface area contributed by atoms with Crippen molar-refractivity contribution in [3.63, 3.8) is 0 Å². The molecule has 1 aliphatic rings. The monoisotopic (exact) mass is 195 g/mol. The van der Waals surface area contributed by atoms with Crippen molar-refractivity contribution in [1.82, 2.24) is 5.32 Å². The average Bonchev–Trinajstić information content (AvgIpc) is 2.31. The van der Waals surface area contributed by atoms with Crippen molar-refractivity contribution in [3.8, 4) is 0 Å². The highest BCUT2D eigenvalue weighted by Crippen LogP contribution is 2.20. The number of aliphatic hydroxyl groups excluding tert-OH is 1. The Hall–Kier alpha value is -0.170. The van der Waals surface area contributed by atoms with Crippen LogP contribution >= 0.6 is 0 Å². The molecule has 0 amide bonds. The van der Waals surface area contributed by atoms with Crippen LogP contribution in [0.4, 0.5) is 0 Å². The fraction of sp³-hybridized carbons (Fsp3) is 1.00. The second-order valence-electron chi connectivity index (χ2n) is 3.21. The van der Waals surface area contributed by atoms with Gasteiger partial charge in [-0.05, 0) is 0 Å². The smallest absolute Gasteiger partial charge is 0.154 e. The molecule has 0 unspecified atom stereocenters. The summed E-state index contributed by atoms with van der Waals surface area (Å²) in [7, 11) is -3.29. The normalized spacial score (nSPS) is 37.1. The Labute approximate surface area is 71.3 Å². The summed E-state index contributed by atoms with van der Waals surface area (Å²) < 4.78 is 22.2. The summed E-state index contributed by atoms with van der Waals surface area (Å²) in [5, 5.41) is 20.2. The van der Waals surface area contributed by atoms with Crippen molar-refractivity contribution >= 4 is 9.84 Å².